The fraction of sp³-hybridized carbons (Fsp3) is 0.870. The molecule has 3 saturated carbocycles. The zero-order valence-electron chi connectivity index (χ0n) is 17.4. The summed E-state index contributed by atoms with van der Waals surface area (Å²) in [7, 11) is 0. The second kappa shape index (κ2) is 7.18. The normalized spacial score (nSPS) is 46.3. The summed E-state index contributed by atoms with van der Waals surface area (Å²) >= 11 is 0. The SMILES string of the molecule is CC1CC2C=C(NOCCCN)CC[C@]2(C)[C@@H]2CC[C@]3(C)C(=O)CC[C@H]3[C@H]12. The Labute approximate surface area is 164 Å². The second-order valence-corrected chi connectivity index (χ2v) is 10.3. The number of carbonyl (C=O) groups is 1. The van der Waals surface area contributed by atoms with Gasteiger partial charge in [-0.2, -0.15) is 0 Å². The van der Waals surface area contributed by atoms with Gasteiger partial charge in [-0.25, -0.2) is 0 Å². The molecule has 152 valence electrons. The molecule has 2 unspecified atom stereocenters. The average molecular weight is 375 g/mol. The van der Waals surface area contributed by atoms with Crippen LogP contribution >= 0.6 is 0 Å². The van der Waals surface area contributed by atoms with E-state index in [0.717, 1.165) is 43.9 Å². The molecule has 4 rings (SSSR count). The first-order chi connectivity index (χ1) is 12.9. The van der Waals surface area contributed by atoms with Gasteiger partial charge in [0.2, 0.25) is 0 Å². The number of nitrogens with two attached hydrogens (primary N) is 1. The minimum Gasteiger partial charge on any atom is -0.330 e. The molecule has 3 fully saturated rings. The summed E-state index contributed by atoms with van der Waals surface area (Å²) in [5.74, 6) is 4.02. The third-order valence-electron chi connectivity index (χ3n) is 9.01. The summed E-state index contributed by atoms with van der Waals surface area (Å²) in [5.41, 5.74) is 10.4. The highest BCUT2D eigenvalue weighted by atomic mass is 16.6. The summed E-state index contributed by atoms with van der Waals surface area (Å²) in [4.78, 5) is 18.2. The summed E-state index contributed by atoms with van der Waals surface area (Å²) in [6.45, 7) is 8.63. The molecular weight excluding hydrogens is 336 g/mol. The number of hydrogen-bond donors (Lipinski definition) is 2. The molecule has 7 atom stereocenters. The van der Waals surface area contributed by atoms with Crippen LogP contribution in [0.5, 0.6) is 0 Å². The number of hydroxylamine groups is 1. The van der Waals surface area contributed by atoms with Crippen LogP contribution in [0.25, 0.3) is 0 Å². The minimum atomic E-state index is -0.0212. The van der Waals surface area contributed by atoms with E-state index in [-0.39, 0.29) is 5.41 Å². The van der Waals surface area contributed by atoms with Crippen molar-refractivity contribution in [2.24, 2.45) is 46.2 Å². The highest BCUT2D eigenvalue weighted by molar-refractivity contribution is 5.87. The molecule has 0 bridgehead atoms. The first kappa shape index (κ1) is 19.4. The van der Waals surface area contributed by atoms with Gasteiger partial charge in [-0.05, 0) is 86.5 Å². The van der Waals surface area contributed by atoms with E-state index in [1.807, 2.05) is 0 Å². The minimum absolute atomic E-state index is 0.0212. The Kier molecular flexibility index (Phi) is 5.17. The van der Waals surface area contributed by atoms with Gasteiger partial charge in [0.1, 0.15) is 5.78 Å². The largest absolute Gasteiger partial charge is 0.330 e. The Morgan fingerprint density at radius 1 is 1.22 bits per heavy atom. The maximum atomic E-state index is 12.6. The number of allylic oxidation sites excluding steroid dienone is 2. The molecule has 4 aliphatic rings. The van der Waals surface area contributed by atoms with Gasteiger partial charge in [0.25, 0.3) is 0 Å². The van der Waals surface area contributed by atoms with Crippen molar-refractivity contribution in [1.29, 1.82) is 0 Å². The third-order valence-corrected chi connectivity index (χ3v) is 9.01. The number of hydrogen-bond acceptors (Lipinski definition) is 4. The van der Waals surface area contributed by atoms with Crippen LogP contribution in [-0.2, 0) is 9.63 Å². The number of Topliss-reactive ketones (excluding diaryl/α,β-unsaturated/α-hetero) is 1. The van der Waals surface area contributed by atoms with Crippen LogP contribution in [-0.4, -0.2) is 18.9 Å². The quantitative estimate of drug-likeness (QED) is 0.559. The first-order valence-electron chi connectivity index (χ1n) is 11.2. The fourth-order valence-electron chi connectivity index (χ4n) is 7.38. The molecule has 4 heteroatoms. The van der Waals surface area contributed by atoms with Gasteiger partial charge >= 0.3 is 0 Å². The van der Waals surface area contributed by atoms with Gasteiger partial charge in [0, 0.05) is 17.5 Å². The third kappa shape index (κ3) is 3.07. The molecule has 0 radical (unpaired) electrons. The molecule has 4 aliphatic carbocycles. The Bertz CT molecular complexity index is 617. The van der Waals surface area contributed by atoms with E-state index < -0.39 is 0 Å². The van der Waals surface area contributed by atoms with Crippen molar-refractivity contribution >= 4 is 5.78 Å². The van der Waals surface area contributed by atoms with Crippen molar-refractivity contribution in [1.82, 2.24) is 5.48 Å². The zero-order valence-corrected chi connectivity index (χ0v) is 17.4. The smallest absolute Gasteiger partial charge is 0.139 e. The van der Waals surface area contributed by atoms with E-state index in [1.54, 1.807) is 0 Å². The van der Waals surface area contributed by atoms with Gasteiger partial charge in [-0.3, -0.25) is 15.1 Å². The van der Waals surface area contributed by atoms with Crippen molar-refractivity contribution < 1.29 is 9.63 Å². The van der Waals surface area contributed by atoms with E-state index in [1.165, 1.54) is 25.0 Å². The lowest BCUT2D eigenvalue weighted by Crippen LogP contribution is -2.55. The van der Waals surface area contributed by atoms with E-state index in [4.69, 9.17) is 10.6 Å². The van der Waals surface area contributed by atoms with Gasteiger partial charge in [-0.1, -0.05) is 26.8 Å². The number of fused-ring (bicyclic) bond motifs is 5. The number of rotatable bonds is 5. The first-order valence-corrected chi connectivity index (χ1v) is 11.2. The summed E-state index contributed by atoms with van der Waals surface area (Å²) < 4.78 is 0. The maximum absolute atomic E-state index is 12.6. The highest BCUT2D eigenvalue weighted by Gasteiger charge is 2.61. The molecule has 0 spiro atoms. The molecule has 4 nitrogen and oxygen atoms in total. The molecule has 0 aliphatic heterocycles. The number of carbonyl (C=O) groups excluding carboxylic acids is 1. The van der Waals surface area contributed by atoms with Gasteiger partial charge in [-0.15, -0.1) is 0 Å². The van der Waals surface area contributed by atoms with Crippen molar-refractivity contribution in [2.45, 2.75) is 72.1 Å². The molecule has 0 aromatic rings. The second-order valence-electron chi connectivity index (χ2n) is 10.3. The molecule has 0 saturated heterocycles. The van der Waals surface area contributed by atoms with Gasteiger partial charge in [0.15, 0.2) is 0 Å². The average Bonchev–Trinajstić information content (AvgIpc) is 2.95. The van der Waals surface area contributed by atoms with Crippen LogP contribution in [0.3, 0.4) is 0 Å². The van der Waals surface area contributed by atoms with Crippen molar-refractivity contribution in [2.75, 3.05) is 13.2 Å². The molecule has 0 aromatic heterocycles. The summed E-state index contributed by atoms with van der Waals surface area (Å²) in [6, 6.07) is 0. The van der Waals surface area contributed by atoms with Crippen LogP contribution in [0.2, 0.25) is 0 Å². The Morgan fingerprint density at radius 3 is 2.81 bits per heavy atom. The van der Waals surface area contributed by atoms with Crippen LogP contribution in [0.4, 0.5) is 0 Å². The van der Waals surface area contributed by atoms with Crippen molar-refractivity contribution in [3.63, 3.8) is 0 Å². The van der Waals surface area contributed by atoms with E-state index in [2.05, 4.69) is 32.3 Å². The fourth-order valence-corrected chi connectivity index (χ4v) is 7.38. The lowest BCUT2D eigenvalue weighted by molar-refractivity contribution is -0.140. The Balaban J connectivity index is 1.52. The van der Waals surface area contributed by atoms with E-state index in [0.29, 0.717) is 42.1 Å². The van der Waals surface area contributed by atoms with E-state index in [9.17, 15) is 4.79 Å². The highest BCUT2D eigenvalue weighted by Crippen LogP contribution is 2.66. The van der Waals surface area contributed by atoms with Crippen LogP contribution < -0.4 is 11.2 Å². The molecule has 27 heavy (non-hydrogen) atoms. The lowest BCUT2D eigenvalue weighted by atomic mass is 9.44. The molecule has 3 N–H and O–H groups in total. The predicted molar refractivity (Wildman–Crippen MR) is 108 cm³/mol. The summed E-state index contributed by atoms with van der Waals surface area (Å²) in [5, 5.41) is 0. The predicted octanol–water partition coefficient (Wildman–Crippen LogP) is 4.21. The molecule has 0 heterocycles. The molecule has 0 aromatic carbocycles. The lowest BCUT2D eigenvalue weighted by Gasteiger charge is -2.61. The van der Waals surface area contributed by atoms with Gasteiger partial charge < -0.3 is 5.73 Å². The zero-order chi connectivity index (χ0) is 19.2. The number of nitrogens with one attached hydrogen (secondary N) is 1. The summed E-state index contributed by atoms with van der Waals surface area (Å²) in [6.07, 6.45) is 11.3. The molecular formula is C23H38N2O2. The van der Waals surface area contributed by atoms with Crippen LogP contribution in [0.1, 0.15) is 72.1 Å². The van der Waals surface area contributed by atoms with Crippen LogP contribution in [0, 0.1) is 40.4 Å². The van der Waals surface area contributed by atoms with E-state index >= 15 is 0 Å². The Morgan fingerprint density at radius 2 is 2.04 bits per heavy atom. The maximum Gasteiger partial charge on any atom is 0.139 e. The topological polar surface area (TPSA) is 64.3 Å². The van der Waals surface area contributed by atoms with Crippen molar-refractivity contribution in [3.8, 4) is 0 Å². The monoisotopic (exact) mass is 374 g/mol. The van der Waals surface area contributed by atoms with Gasteiger partial charge in [0.05, 0.1) is 6.61 Å². The Hall–Kier alpha value is -0.870. The standard InChI is InChI=1S/C23H38N2O2/c1-15-13-16-14-17(25-27-12-4-11-24)7-9-22(16,2)19-8-10-23(3)18(21(15)19)5-6-20(23)26/h14-16,18-19,21,25H,4-13,24H2,1-3H3/t15?,16?,18-,19+,21-,22-,23-/m0/s1. The van der Waals surface area contributed by atoms with Crippen molar-refractivity contribution in [3.05, 3.63) is 11.8 Å². The molecule has 0 amide bonds. The number of ketones is 1. The van der Waals surface area contributed by atoms with Crippen LogP contribution in [0.15, 0.2) is 11.8 Å².